The van der Waals surface area contributed by atoms with Crippen molar-refractivity contribution < 1.29 is 14.3 Å². The van der Waals surface area contributed by atoms with Gasteiger partial charge in [0.05, 0.1) is 24.9 Å². The van der Waals surface area contributed by atoms with Crippen LogP contribution in [-0.4, -0.2) is 32.0 Å². The van der Waals surface area contributed by atoms with Gasteiger partial charge in [-0.1, -0.05) is 0 Å². The summed E-state index contributed by atoms with van der Waals surface area (Å²) in [6, 6.07) is 13.0. The zero-order valence-corrected chi connectivity index (χ0v) is 14.9. The van der Waals surface area contributed by atoms with Crippen molar-refractivity contribution in [2.75, 3.05) is 25.1 Å². The van der Waals surface area contributed by atoms with Gasteiger partial charge in [-0.2, -0.15) is 10.2 Å². The third kappa shape index (κ3) is 4.14. The number of fused-ring (bicyclic) bond motifs is 1. The number of hydrogen-bond acceptors (Lipinski definition) is 6. The van der Waals surface area contributed by atoms with E-state index in [-0.39, 0.29) is 11.8 Å². The lowest BCUT2D eigenvalue weighted by Crippen LogP contribution is -2.24. The molecule has 0 unspecified atom stereocenters. The monoisotopic (exact) mass is 351 g/mol. The third-order valence-electron chi connectivity index (χ3n) is 4.42. The first kappa shape index (κ1) is 17.8. The normalized spacial score (nSPS) is 13.1. The summed E-state index contributed by atoms with van der Waals surface area (Å²) in [7, 11) is 1.41. The third-order valence-corrected chi connectivity index (χ3v) is 4.42. The number of rotatable bonds is 6. The largest absolute Gasteiger partial charge is 0.469 e. The van der Waals surface area contributed by atoms with Crippen LogP contribution in [0.3, 0.4) is 0 Å². The van der Waals surface area contributed by atoms with E-state index >= 15 is 0 Å². The molecule has 0 saturated heterocycles. The Morgan fingerprint density at radius 1 is 1.08 bits per heavy atom. The van der Waals surface area contributed by atoms with Gasteiger partial charge in [0.1, 0.15) is 0 Å². The topological polar surface area (TPSA) is 71.3 Å². The molecule has 0 N–H and O–H groups in total. The van der Waals surface area contributed by atoms with Crippen LogP contribution in [0, 0.1) is 0 Å². The van der Waals surface area contributed by atoms with Gasteiger partial charge in [0, 0.05) is 24.3 Å². The smallest absolute Gasteiger partial charge is 0.307 e. The standard InChI is InChI=1S/C20H21N3O3/c1-14(24)15-3-5-17(6-4-15)21-22-18-7-8-19-16(13-18)9-11-23(19)12-10-20(25)26-2/h3-8,13H,9-12H2,1-2H3. The van der Waals surface area contributed by atoms with Gasteiger partial charge in [0.15, 0.2) is 5.78 Å². The fourth-order valence-corrected chi connectivity index (χ4v) is 2.96. The lowest BCUT2D eigenvalue weighted by molar-refractivity contribution is -0.140. The quantitative estimate of drug-likeness (QED) is 0.443. The number of ether oxygens (including phenoxy) is 1. The molecule has 0 radical (unpaired) electrons. The Morgan fingerprint density at radius 2 is 1.77 bits per heavy atom. The second-order valence-electron chi connectivity index (χ2n) is 6.18. The first-order chi connectivity index (χ1) is 12.6. The Labute approximate surface area is 152 Å². The van der Waals surface area contributed by atoms with Crippen LogP contribution in [0.2, 0.25) is 0 Å². The van der Waals surface area contributed by atoms with Crippen LogP contribution in [-0.2, 0) is 16.0 Å². The van der Waals surface area contributed by atoms with Crippen LogP contribution in [0.5, 0.6) is 0 Å². The maximum atomic E-state index is 11.3. The van der Waals surface area contributed by atoms with Crippen molar-refractivity contribution in [1.29, 1.82) is 0 Å². The summed E-state index contributed by atoms with van der Waals surface area (Å²) in [6.45, 7) is 3.08. The average molecular weight is 351 g/mol. The summed E-state index contributed by atoms with van der Waals surface area (Å²) in [6.07, 6.45) is 1.31. The molecule has 0 aromatic heterocycles. The van der Waals surface area contributed by atoms with Gasteiger partial charge < -0.3 is 9.64 Å². The summed E-state index contributed by atoms with van der Waals surface area (Å²) in [5.41, 5.74) is 4.50. The van der Waals surface area contributed by atoms with Gasteiger partial charge in [-0.15, -0.1) is 0 Å². The molecule has 0 fully saturated rings. The number of hydrogen-bond donors (Lipinski definition) is 0. The fourth-order valence-electron chi connectivity index (χ4n) is 2.96. The molecule has 0 amide bonds. The van der Waals surface area contributed by atoms with Crippen molar-refractivity contribution in [3.8, 4) is 0 Å². The number of methoxy groups -OCH3 is 1. The van der Waals surface area contributed by atoms with Crippen LogP contribution in [0.4, 0.5) is 17.1 Å². The lowest BCUT2D eigenvalue weighted by Gasteiger charge is -2.18. The Hall–Kier alpha value is -3.02. The van der Waals surface area contributed by atoms with Crippen molar-refractivity contribution in [3.05, 3.63) is 53.6 Å². The molecule has 0 spiro atoms. The Bertz CT molecular complexity index is 844. The van der Waals surface area contributed by atoms with Crippen LogP contribution < -0.4 is 4.90 Å². The summed E-state index contributed by atoms with van der Waals surface area (Å²) in [4.78, 5) is 24.8. The second kappa shape index (κ2) is 7.91. The molecule has 0 aliphatic carbocycles. The maximum absolute atomic E-state index is 11.3. The molecular formula is C20H21N3O3. The minimum atomic E-state index is -0.195. The first-order valence-corrected chi connectivity index (χ1v) is 8.54. The number of azo groups is 1. The maximum Gasteiger partial charge on any atom is 0.307 e. The number of nitrogens with zero attached hydrogens (tertiary/aromatic N) is 3. The Morgan fingerprint density at radius 3 is 2.46 bits per heavy atom. The van der Waals surface area contributed by atoms with E-state index in [1.54, 1.807) is 24.3 Å². The van der Waals surface area contributed by atoms with Gasteiger partial charge in [-0.05, 0) is 61.4 Å². The second-order valence-corrected chi connectivity index (χ2v) is 6.18. The number of esters is 1. The molecule has 134 valence electrons. The van der Waals surface area contributed by atoms with Crippen LogP contribution >= 0.6 is 0 Å². The van der Waals surface area contributed by atoms with Crippen LogP contribution in [0.25, 0.3) is 0 Å². The molecule has 2 aromatic rings. The number of anilines is 1. The Balaban J connectivity index is 1.67. The SMILES string of the molecule is COC(=O)CCN1CCc2cc(N=Nc3ccc(C(C)=O)cc3)ccc21. The van der Waals surface area contributed by atoms with Gasteiger partial charge in [0.25, 0.3) is 0 Å². The molecule has 1 aliphatic heterocycles. The molecule has 2 aromatic carbocycles. The van der Waals surface area contributed by atoms with E-state index in [1.807, 2.05) is 18.2 Å². The summed E-state index contributed by atoms with van der Waals surface area (Å²) < 4.78 is 4.70. The molecule has 6 heteroatoms. The molecule has 3 rings (SSSR count). The summed E-state index contributed by atoms with van der Waals surface area (Å²) in [5, 5.41) is 8.52. The number of carbonyl (C=O) groups is 2. The van der Waals surface area contributed by atoms with E-state index in [1.165, 1.54) is 19.6 Å². The predicted molar refractivity (Wildman–Crippen MR) is 99.6 cm³/mol. The highest BCUT2D eigenvalue weighted by molar-refractivity contribution is 5.94. The van der Waals surface area contributed by atoms with Crippen molar-refractivity contribution >= 4 is 28.8 Å². The van der Waals surface area contributed by atoms with Gasteiger partial charge in [-0.25, -0.2) is 0 Å². The van der Waals surface area contributed by atoms with Gasteiger partial charge >= 0.3 is 5.97 Å². The van der Waals surface area contributed by atoms with Crippen molar-refractivity contribution in [2.24, 2.45) is 10.2 Å². The average Bonchev–Trinajstić information content (AvgIpc) is 3.07. The number of benzene rings is 2. The van der Waals surface area contributed by atoms with E-state index in [9.17, 15) is 9.59 Å². The highest BCUT2D eigenvalue weighted by Crippen LogP contribution is 2.32. The van der Waals surface area contributed by atoms with E-state index in [2.05, 4.69) is 15.1 Å². The minimum Gasteiger partial charge on any atom is -0.469 e. The van der Waals surface area contributed by atoms with Gasteiger partial charge in [-0.3, -0.25) is 9.59 Å². The molecule has 26 heavy (non-hydrogen) atoms. The molecule has 1 heterocycles. The molecule has 0 saturated carbocycles. The number of Topliss-reactive ketones (excluding diaryl/α,β-unsaturated/α-hetero) is 1. The summed E-state index contributed by atoms with van der Waals surface area (Å²) >= 11 is 0. The van der Waals surface area contributed by atoms with E-state index in [0.717, 1.165) is 24.3 Å². The predicted octanol–water partition coefficient (Wildman–Crippen LogP) is 4.23. The number of carbonyl (C=O) groups excluding carboxylic acids is 2. The lowest BCUT2D eigenvalue weighted by atomic mass is 10.1. The molecule has 6 nitrogen and oxygen atoms in total. The van der Waals surface area contributed by atoms with E-state index in [0.29, 0.717) is 24.2 Å². The number of ketones is 1. The van der Waals surface area contributed by atoms with E-state index in [4.69, 9.17) is 4.74 Å². The minimum absolute atomic E-state index is 0.0314. The highest BCUT2D eigenvalue weighted by Gasteiger charge is 2.19. The van der Waals surface area contributed by atoms with Crippen LogP contribution in [0.1, 0.15) is 29.3 Å². The van der Waals surface area contributed by atoms with Gasteiger partial charge in [0.2, 0.25) is 0 Å². The molecular weight excluding hydrogens is 330 g/mol. The van der Waals surface area contributed by atoms with Crippen LogP contribution in [0.15, 0.2) is 52.7 Å². The zero-order valence-electron chi connectivity index (χ0n) is 14.9. The van der Waals surface area contributed by atoms with Crippen molar-refractivity contribution in [2.45, 2.75) is 19.8 Å². The molecule has 1 aliphatic rings. The van der Waals surface area contributed by atoms with E-state index < -0.39 is 0 Å². The molecule has 0 atom stereocenters. The first-order valence-electron chi connectivity index (χ1n) is 8.54. The highest BCUT2D eigenvalue weighted by atomic mass is 16.5. The summed E-state index contributed by atoms with van der Waals surface area (Å²) in [5.74, 6) is -0.163. The zero-order chi connectivity index (χ0) is 18.5. The fraction of sp³-hybridized carbons (Fsp3) is 0.300. The van der Waals surface area contributed by atoms with Crippen molar-refractivity contribution in [3.63, 3.8) is 0 Å². The molecule has 0 bridgehead atoms. The Kier molecular flexibility index (Phi) is 5.41. The van der Waals surface area contributed by atoms with Crippen molar-refractivity contribution in [1.82, 2.24) is 0 Å².